The van der Waals surface area contributed by atoms with Crippen LogP contribution in [-0.2, 0) is 0 Å². The van der Waals surface area contributed by atoms with Gasteiger partial charge in [-0.2, -0.15) is 0 Å². The van der Waals surface area contributed by atoms with Gasteiger partial charge >= 0.3 is 0 Å². The summed E-state index contributed by atoms with van der Waals surface area (Å²) >= 11 is 0. The van der Waals surface area contributed by atoms with Gasteiger partial charge in [-0.1, -0.05) is 25.0 Å². The fourth-order valence-corrected chi connectivity index (χ4v) is 3.29. The van der Waals surface area contributed by atoms with Crippen molar-refractivity contribution in [2.24, 2.45) is 10.7 Å². The average molecular weight is 417 g/mol. The highest BCUT2D eigenvalue weighted by atomic mass is 127. The second kappa shape index (κ2) is 8.13. The molecule has 2 N–H and O–H groups in total. The van der Waals surface area contributed by atoms with Crippen molar-refractivity contribution in [3.8, 4) is 0 Å². The van der Waals surface area contributed by atoms with Crippen molar-refractivity contribution in [2.45, 2.75) is 50.5 Å². The molecule has 0 bridgehead atoms. The maximum Gasteiger partial charge on any atom is 0.191 e. The lowest BCUT2D eigenvalue weighted by Crippen LogP contribution is -2.40. The smallest absolute Gasteiger partial charge is 0.191 e. The predicted molar refractivity (Wildman–Crippen MR) is 99.2 cm³/mol. The molecule has 22 heavy (non-hydrogen) atoms. The number of rotatable bonds is 2. The maximum absolute atomic E-state index is 13.2. The van der Waals surface area contributed by atoms with E-state index in [1.54, 1.807) is 12.1 Å². The van der Waals surface area contributed by atoms with E-state index >= 15 is 0 Å². The highest BCUT2D eigenvalue weighted by molar-refractivity contribution is 14.0. The van der Waals surface area contributed by atoms with Crippen molar-refractivity contribution in [2.75, 3.05) is 13.1 Å². The van der Waals surface area contributed by atoms with Crippen LogP contribution in [0.2, 0.25) is 0 Å². The Bertz CT molecular complexity index is 506. The molecule has 1 aromatic carbocycles. The lowest BCUT2D eigenvalue weighted by Gasteiger charge is -2.34. The second-order valence-electron chi connectivity index (χ2n) is 6.27. The normalized spacial score (nSPS) is 25.9. The van der Waals surface area contributed by atoms with E-state index in [1.807, 2.05) is 6.07 Å². The number of likely N-dealkylation sites (tertiary alicyclic amines) is 1. The fraction of sp³-hybridized carbons (Fsp3) is 0.588. The molecule has 2 fully saturated rings. The Morgan fingerprint density at radius 1 is 1.14 bits per heavy atom. The van der Waals surface area contributed by atoms with Crippen LogP contribution in [0.25, 0.3) is 0 Å². The van der Waals surface area contributed by atoms with Gasteiger partial charge in [-0.05, 0) is 49.3 Å². The van der Waals surface area contributed by atoms with Crippen LogP contribution in [0.5, 0.6) is 0 Å². The van der Waals surface area contributed by atoms with Crippen molar-refractivity contribution < 1.29 is 4.39 Å². The predicted octanol–water partition coefficient (Wildman–Crippen LogP) is 3.88. The Kier molecular flexibility index (Phi) is 6.47. The molecule has 1 aliphatic carbocycles. The molecule has 1 aliphatic heterocycles. The van der Waals surface area contributed by atoms with Gasteiger partial charge in [0, 0.05) is 13.1 Å². The zero-order valence-corrected chi connectivity index (χ0v) is 15.2. The van der Waals surface area contributed by atoms with Gasteiger partial charge in [0.05, 0.1) is 6.04 Å². The number of hydrogen-bond acceptors (Lipinski definition) is 1. The van der Waals surface area contributed by atoms with Gasteiger partial charge in [0.25, 0.3) is 0 Å². The Labute approximate surface area is 149 Å². The maximum atomic E-state index is 13.2. The summed E-state index contributed by atoms with van der Waals surface area (Å²) in [6, 6.07) is 7.23. The molecule has 0 spiro atoms. The van der Waals surface area contributed by atoms with E-state index in [9.17, 15) is 4.39 Å². The van der Waals surface area contributed by atoms with Gasteiger partial charge in [-0.15, -0.1) is 24.0 Å². The summed E-state index contributed by atoms with van der Waals surface area (Å²) in [7, 11) is 0. The Hall–Kier alpha value is -0.850. The quantitative estimate of drug-likeness (QED) is 0.451. The molecular weight excluding hydrogens is 392 g/mol. The number of hydrogen-bond donors (Lipinski definition) is 1. The van der Waals surface area contributed by atoms with Crippen molar-refractivity contribution in [3.05, 3.63) is 35.6 Å². The number of nitrogens with two attached hydrogens (primary N) is 1. The lowest BCUT2D eigenvalue weighted by molar-refractivity contribution is 0.343. The van der Waals surface area contributed by atoms with Crippen molar-refractivity contribution in [1.82, 2.24) is 4.90 Å². The van der Waals surface area contributed by atoms with Crippen LogP contribution in [0.3, 0.4) is 0 Å². The van der Waals surface area contributed by atoms with Gasteiger partial charge in [-0.3, -0.25) is 0 Å². The number of benzene rings is 1. The van der Waals surface area contributed by atoms with Gasteiger partial charge in [0.15, 0.2) is 5.96 Å². The van der Waals surface area contributed by atoms with Crippen LogP contribution in [0, 0.1) is 5.82 Å². The third kappa shape index (κ3) is 4.33. The summed E-state index contributed by atoms with van der Waals surface area (Å²) in [6.45, 7) is 2.07. The minimum absolute atomic E-state index is 0. The third-order valence-electron chi connectivity index (χ3n) is 4.68. The van der Waals surface area contributed by atoms with E-state index in [-0.39, 0.29) is 29.8 Å². The van der Waals surface area contributed by atoms with Crippen LogP contribution in [0.15, 0.2) is 29.3 Å². The lowest BCUT2D eigenvalue weighted by atomic mass is 9.76. The zero-order chi connectivity index (χ0) is 14.7. The first-order chi connectivity index (χ1) is 10.2. The molecule has 122 valence electrons. The van der Waals surface area contributed by atoms with Gasteiger partial charge < -0.3 is 10.6 Å². The average Bonchev–Trinajstić information content (AvgIpc) is 2.71. The minimum atomic E-state index is -0.150. The van der Waals surface area contributed by atoms with E-state index in [0.717, 1.165) is 31.5 Å². The molecule has 2 aliphatic rings. The van der Waals surface area contributed by atoms with Crippen LogP contribution < -0.4 is 5.73 Å². The molecule has 0 amide bonds. The van der Waals surface area contributed by atoms with Gasteiger partial charge in [-0.25, -0.2) is 9.38 Å². The largest absolute Gasteiger partial charge is 0.370 e. The van der Waals surface area contributed by atoms with Gasteiger partial charge in [0.2, 0.25) is 0 Å². The zero-order valence-electron chi connectivity index (χ0n) is 12.9. The number of aliphatic imine (C=N–C) groups is 1. The molecule has 0 unspecified atom stereocenters. The Balaban J connectivity index is 0.00000176. The molecule has 0 radical (unpaired) electrons. The van der Waals surface area contributed by atoms with Gasteiger partial charge in [0.1, 0.15) is 5.82 Å². The SMILES string of the molecule is I.NC(=NC1CC(c2cccc(F)c2)C1)N1CCCCCC1. The summed E-state index contributed by atoms with van der Waals surface area (Å²) < 4.78 is 13.2. The van der Waals surface area contributed by atoms with E-state index in [4.69, 9.17) is 5.73 Å². The van der Waals surface area contributed by atoms with Crippen molar-refractivity contribution in [1.29, 1.82) is 0 Å². The number of nitrogens with zero attached hydrogens (tertiary/aromatic N) is 2. The first-order valence-corrected chi connectivity index (χ1v) is 8.06. The molecule has 0 aromatic heterocycles. The van der Waals surface area contributed by atoms with Crippen LogP contribution in [-0.4, -0.2) is 30.0 Å². The fourth-order valence-electron chi connectivity index (χ4n) is 3.29. The van der Waals surface area contributed by atoms with Crippen LogP contribution >= 0.6 is 24.0 Å². The molecule has 1 saturated carbocycles. The molecule has 3 rings (SSSR count). The summed E-state index contributed by atoms with van der Waals surface area (Å²) in [5.41, 5.74) is 7.24. The standard InChI is InChI=1S/C17H24FN3.HI/c18-15-7-5-6-13(10-15)14-11-16(12-14)20-17(19)21-8-3-1-2-4-9-21;/h5-7,10,14,16H,1-4,8-9,11-12H2,(H2,19,20);1H. The molecule has 1 saturated heterocycles. The molecule has 0 atom stereocenters. The number of guanidine groups is 1. The van der Waals surface area contributed by atoms with E-state index in [1.165, 1.54) is 31.7 Å². The highest BCUT2D eigenvalue weighted by Crippen LogP contribution is 2.39. The molecule has 5 heteroatoms. The summed E-state index contributed by atoms with van der Waals surface area (Å²) in [5, 5.41) is 0. The molecule has 1 aromatic rings. The summed E-state index contributed by atoms with van der Waals surface area (Å²) in [5.74, 6) is 0.995. The second-order valence-corrected chi connectivity index (χ2v) is 6.27. The Morgan fingerprint density at radius 2 is 1.82 bits per heavy atom. The first-order valence-electron chi connectivity index (χ1n) is 8.06. The summed E-state index contributed by atoms with van der Waals surface area (Å²) in [6.07, 6.45) is 7.00. The highest BCUT2D eigenvalue weighted by Gasteiger charge is 2.30. The van der Waals surface area contributed by atoms with E-state index in [2.05, 4.69) is 9.89 Å². The summed E-state index contributed by atoms with van der Waals surface area (Å²) in [4.78, 5) is 6.90. The monoisotopic (exact) mass is 417 g/mol. The van der Waals surface area contributed by atoms with Crippen LogP contribution in [0.4, 0.5) is 4.39 Å². The number of halogens is 2. The first kappa shape index (κ1) is 17.5. The van der Waals surface area contributed by atoms with E-state index < -0.39 is 0 Å². The van der Waals surface area contributed by atoms with Crippen LogP contribution in [0.1, 0.15) is 50.0 Å². The van der Waals surface area contributed by atoms with Crippen molar-refractivity contribution in [3.63, 3.8) is 0 Å². The minimum Gasteiger partial charge on any atom is -0.370 e. The topological polar surface area (TPSA) is 41.6 Å². The Morgan fingerprint density at radius 3 is 2.45 bits per heavy atom. The van der Waals surface area contributed by atoms with Crippen molar-refractivity contribution >= 4 is 29.9 Å². The third-order valence-corrected chi connectivity index (χ3v) is 4.68. The molecule has 1 heterocycles. The molecule has 3 nitrogen and oxygen atoms in total. The molecular formula is C17H25FIN3. The van der Waals surface area contributed by atoms with E-state index in [0.29, 0.717) is 17.9 Å².